The molecule has 0 fully saturated rings. The van der Waals surface area contributed by atoms with Crippen LogP contribution in [0, 0.1) is 6.92 Å². The number of hydrogen-bond acceptors (Lipinski definition) is 2. The number of aromatic amines is 1. The van der Waals surface area contributed by atoms with Crippen molar-refractivity contribution in [3.63, 3.8) is 0 Å². The molecule has 2 N–H and O–H groups in total. The lowest BCUT2D eigenvalue weighted by Gasteiger charge is -2.10. The van der Waals surface area contributed by atoms with Crippen molar-refractivity contribution in [2.45, 2.75) is 19.4 Å². The zero-order valence-electron chi connectivity index (χ0n) is 7.70. The minimum absolute atomic E-state index is 0.866. The van der Waals surface area contributed by atoms with Gasteiger partial charge in [-0.3, -0.25) is 0 Å². The molecule has 1 aromatic rings. The molecule has 3 nitrogen and oxygen atoms in total. The van der Waals surface area contributed by atoms with Crippen molar-refractivity contribution in [3.05, 3.63) is 29.4 Å². The Hall–Kier alpha value is -1.35. The third kappa shape index (κ3) is 1.55. The van der Waals surface area contributed by atoms with Gasteiger partial charge in [-0.15, -0.1) is 0 Å². The topological polar surface area (TPSA) is 48.9 Å². The van der Waals surface area contributed by atoms with Gasteiger partial charge in [-0.1, -0.05) is 0 Å². The molecule has 0 spiro atoms. The van der Waals surface area contributed by atoms with Crippen molar-refractivity contribution in [3.8, 4) is 0 Å². The quantitative estimate of drug-likeness (QED) is 0.629. The van der Waals surface area contributed by atoms with Gasteiger partial charge in [0.2, 0.25) is 0 Å². The first-order chi connectivity index (χ1) is 6.07. The van der Waals surface area contributed by atoms with Crippen LogP contribution in [0.4, 0.5) is 0 Å². The highest BCUT2D eigenvalue weighted by Crippen LogP contribution is 2.19. The molecule has 0 amide bonds. The molecular formula is C10H12N2O. The van der Waals surface area contributed by atoms with Crippen LogP contribution in [0.2, 0.25) is 0 Å². The largest absolute Gasteiger partial charge is 0.382 e. The Balaban J connectivity index is 2.50. The van der Waals surface area contributed by atoms with Crippen LogP contribution in [0.1, 0.15) is 24.1 Å². The SMILES string of the molecule is Cc1nc2c([nH]1)C=CC(C)(O)C=C2. The van der Waals surface area contributed by atoms with Crippen LogP contribution >= 0.6 is 0 Å². The lowest BCUT2D eigenvalue weighted by Crippen LogP contribution is -2.15. The summed E-state index contributed by atoms with van der Waals surface area (Å²) < 4.78 is 0. The average Bonchev–Trinajstić information content (AvgIpc) is 2.34. The number of imidazole rings is 1. The molecule has 2 rings (SSSR count). The summed E-state index contributed by atoms with van der Waals surface area (Å²) in [5.74, 6) is 0.890. The summed E-state index contributed by atoms with van der Waals surface area (Å²) in [5, 5.41) is 9.70. The minimum atomic E-state index is -0.866. The third-order valence-corrected chi connectivity index (χ3v) is 2.05. The van der Waals surface area contributed by atoms with Gasteiger partial charge in [-0.2, -0.15) is 0 Å². The van der Waals surface area contributed by atoms with Gasteiger partial charge in [0.05, 0.1) is 17.0 Å². The van der Waals surface area contributed by atoms with E-state index in [2.05, 4.69) is 9.97 Å². The number of rotatable bonds is 0. The van der Waals surface area contributed by atoms with Crippen molar-refractivity contribution < 1.29 is 5.11 Å². The van der Waals surface area contributed by atoms with Crippen LogP contribution < -0.4 is 0 Å². The zero-order chi connectivity index (χ0) is 9.47. The van der Waals surface area contributed by atoms with Gasteiger partial charge in [-0.25, -0.2) is 4.98 Å². The average molecular weight is 176 g/mol. The molecule has 1 aromatic heterocycles. The Morgan fingerprint density at radius 1 is 1.38 bits per heavy atom. The summed E-state index contributed by atoms with van der Waals surface area (Å²) in [5.41, 5.74) is 0.966. The maximum atomic E-state index is 9.70. The van der Waals surface area contributed by atoms with Gasteiger partial charge in [0.25, 0.3) is 0 Å². The molecule has 0 bridgehead atoms. The Kier molecular flexibility index (Phi) is 1.63. The monoisotopic (exact) mass is 176 g/mol. The number of nitrogens with zero attached hydrogens (tertiary/aromatic N) is 1. The molecule has 0 aliphatic heterocycles. The van der Waals surface area contributed by atoms with Crippen LogP contribution in [0.15, 0.2) is 12.2 Å². The van der Waals surface area contributed by atoms with Crippen molar-refractivity contribution in [1.29, 1.82) is 0 Å². The molecule has 13 heavy (non-hydrogen) atoms. The van der Waals surface area contributed by atoms with E-state index in [1.165, 1.54) is 0 Å². The van der Waals surface area contributed by atoms with E-state index in [0.29, 0.717) is 0 Å². The van der Waals surface area contributed by atoms with Gasteiger partial charge < -0.3 is 10.1 Å². The molecule has 0 radical (unpaired) electrons. The number of aryl methyl sites for hydroxylation is 1. The summed E-state index contributed by atoms with van der Waals surface area (Å²) in [7, 11) is 0. The molecule has 1 heterocycles. The highest BCUT2D eigenvalue weighted by Gasteiger charge is 2.15. The Morgan fingerprint density at radius 2 is 2.08 bits per heavy atom. The molecule has 1 atom stereocenters. The van der Waals surface area contributed by atoms with E-state index in [-0.39, 0.29) is 0 Å². The van der Waals surface area contributed by atoms with E-state index >= 15 is 0 Å². The molecule has 0 aromatic carbocycles. The highest BCUT2D eigenvalue weighted by molar-refractivity contribution is 5.64. The number of H-pyrrole nitrogens is 1. The maximum Gasteiger partial charge on any atom is 0.104 e. The molecule has 1 aliphatic carbocycles. The molecule has 1 aliphatic rings. The predicted octanol–water partition coefficient (Wildman–Crippen LogP) is 1.51. The lowest BCUT2D eigenvalue weighted by molar-refractivity contribution is 0.166. The van der Waals surface area contributed by atoms with Gasteiger partial charge in [0.1, 0.15) is 5.82 Å². The predicted molar refractivity (Wildman–Crippen MR) is 52.0 cm³/mol. The molecule has 0 saturated carbocycles. The maximum absolute atomic E-state index is 9.70. The summed E-state index contributed by atoms with van der Waals surface area (Å²) in [4.78, 5) is 7.39. The second-order valence-electron chi connectivity index (χ2n) is 3.51. The fraction of sp³-hybridized carbons (Fsp3) is 0.300. The third-order valence-electron chi connectivity index (χ3n) is 2.05. The number of fused-ring (bicyclic) bond motifs is 1. The Labute approximate surface area is 76.8 Å². The highest BCUT2D eigenvalue weighted by atomic mass is 16.3. The van der Waals surface area contributed by atoms with E-state index in [1.54, 1.807) is 19.1 Å². The van der Waals surface area contributed by atoms with E-state index in [1.807, 2.05) is 19.1 Å². The lowest BCUT2D eigenvalue weighted by atomic mass is 10.1. The normalized spacial score (nSPS) is 18.4. The fourth-order valence-corrected chi connectivity index (χ4v) is 1.34. The van der Waals surface area contributed by atoms with Crippen LogP contribution in [-0.4, -0.2) is 20.7 Å². The van der Waals surface area contributed by atoms with Crippen molar-refractivity contribution in [2.24, 2.45) is 0 Å². The first-order valence-corrected chi connectivity index (χ1v) is 4.24. The molecule has 1 unspecified atom stereocenters. The van der Waals surface area contributed by atoms with E-state index < -0.39 is 5.60 Å². The summed E-state index contributed by atoms with van der Waals surface area (Å²) in [6, 6.07) is 0. The van der Waals surface area contributed by atoms with E-state index in [4.69, 9.17) is 0 Å². The second-order valence-corrected chi connectivity index (χ2v) is 3.51. The van der Waals surface area contributed by atoms with E-state index in [9.17, 15) is 5.11 Å². The number of aliphatic hydroxyl groups is 1. The molecule has 0 saturated heterocycles. The zero-order valence-corrected chi connectivity index (χ0v) is 7.70. The van der Waals surface area contributed by atoms with Crippen LogP contribution in [0.3, 0.4) is 0 Å². The number of nitrogens with one attached hydrogen (secondary N) is 1. The first kappa shape index (κ1) is 8.26. The number of hydrogen-bond donors (Lipinski definition) is 2. The molecule has 68 valence electrons. The smallest absolute Gasteiger partial charge is 0.104 e. The van der Waals surface area contributed by atoms with Crippen LogP contribution in [0.25, 0.3) is 12.2 Å². The van der Waals surface area contributed by atoms with Gasteiger partial charge in [0, 0.05) is 0 Å². The Morgan fingerprint density at radius 3 is 2.85 bits per heavy atom. The van der Waals surface area contributed by atoms with Crippen LogP contribution in [0.5, 0.6) is 0 Å². The van der Waals surface area contributed by atoms with E-state index in [0.717, 1.165) is 17.2 Å². The standard InChI is InChI=1S/C10H12N2O/c1-7-11-8-3-5-10(2,13)6-4-9(8)12-7/h3-6,13H,1-2H3,(H,11,12). The van der Waals surface area contributed by atoms with Gasteiger partial charge in [-0.05, 0) is 38.2 Å². The van der Waals surface area contributed by atoms with Gasteiger partial charge >= 0.3 is 0 Å². The van der Waals surface area contributed by atoms with Gasteiger partial charge in [0.15, 0.2) is 0 Å². The second kappa shape index (κ2) is 2.57. The Bertz CT molecular complexity index is 352. The fourth-order valence-electron chi connectivity index (χ4n) is 1.34. The summed E-state index contributed by atoms with van der Waals surface area (Å²) >= 11 is 0. The van der Waals surface area contributed by atoms with Crippen LogP contribution in [-0.2, 0) is 0 Å². The molecular weight excluding hydrogens is 164 g/mol. The van der Waals surface area contributed by atoms with Crippen molar-refractivity contribution >= 4 is 12.2 Å². The molecule has 3 heteroatoms. The van der Waals surface area contributed by atoms with Crippen molar-refractivity contribution in [2.75, 3.05) is 0 Å². The number of aromatic nitrogens is 2. The summed E-state index contributed by atoms with van der Waals surface area (Å²) in [6.07, 6.45) is 7.16. The first-order valence-electron chi connectivity index (χ1n) is 4.24. The van der Waals surface area contributed by atoms with Crippen molar-refractivity contribution in [1.82, 2.24) is 9.97 Å². The summed E-state index contributed by atoms with van der Waals surface area (Å²) in [6.45, 7) is 3.65. The minimum Gasteiger partial charge on any atom is -0.382 e.